The first-order valence-corrected chi connectivity index (χ1v) is 8.35. The maximum absolute atomic E-state index is 12.2. The van der Waals surface area contributed by atoms with Crippen molar-refractivity contribution in [2.24, 2.45) is 0 Å². The maximum Gasteiger partial charge on any atom is 0.312 e. The lowest BCUT2D eigenvalue weighted by molar-refractivity contribution is -0.134. The normalized spacial score (nSPS) is 13.1. The van der Waals surface area contributed by atoms with E-state index in [9.17, 15) is 14.4 Å². The number of carbonyl (C=O) groups excluding carboxylic acids is 3. The molecular formula is C20H19NO4. The summed E-state index contributed by atoms with van der Waals surface area (Å²) in [5.74, 6) is -0.735. The van der Waals surface area contributed by atoms with Crippen LogP contribution in [0.2, 0.25) is 0 Å². The summed E-state index contributed by atoms with van der Waals surface area (Å²) in [5, 5.41) is 0. The molecule has 5 nitrogen and oxygen atoms in total. The van der Waals surface area contributed by atoms with Crippen LogP contribution in [0, 0.1) is 0 Å². The van der Waals surface area contributed by atoms with Gasteiger partial charge in [0.1, 0.15) is 5.75 Å². The Balaban J connectivity index is 1.56. The highest BCUT2D eigenvalue weighted by Gasteiger charge is 2.35. The molecule has 5 heteroatoms. The largest absolute Gasteiger partial charge is 0.426 e. The number of fused-ring (bicyclic) bond motifs is 1. The molecule has 0 spiro atoms. The number of carbonyl (C=O) groups is 3. The fourth-order valence-electron chi connectivity index (χ4n) is 2.84. The summed E-state index contributed by atoms with van der Waals surface area (Å²) in [6.07, 6.45) is 2.00. The van der Waals surface area contributed by atoms with Crippen LogP contribution in [0.5, 0.6) is 5.75 Å². The van der Waals surface area contributed by atoms with Crippen molar-refractivity contribution in [3.05, 3.63) is 65.2 Å². The molecule has 25 heavy (non-hydrogen) atoms. The van der Waals surface area contributed by atoms with E-state index in [1.165, 1.54) is 5.56 Å². The Morgan fingerprint density at radius 2 is 1.56 bits per heavy atom. The van der Waals surface area contributed by atoms with Crippen molar-refractivity contribution >= 4 is 17.8 Å². The maximum atomic E-state index is 12.2. The topological polar surface area (TPSA) is 63.7 Å². The van der Waals surface area contributed by atoms with Crippen LogP contribution in [-0.2, 0) is 11.2 Å². The van der Waals surface area contributed by atoms with Gasteiger partial charge in [0.25, 0.3) is 11.8 Å². The van der Waals surface area contributed by atoms with Crippen LogP contribution in [0.1, 0.15) is 46.0 Å². The lowest BCUT2D eigenvalue weighted by atomic mass is 10.1. The van der Waals surface area contributed by atoms with Crippen LogP contribution in [0.15, 0.2) is 48.5 Å². The Morgan fingerprint density at radius 1 is 0.960 bits per heavy atom. The van der Waals surface area contributed by atoms with E-state index in [0.717, 1.165) is 17.7 Å². The molecule has 3 rings (SSSR count). The Bertz CT molecular complexity index is 776. The second kappa shape index (κ2) is 7.30. The van der Waals surface area contributed by atoms with Gasteiger partial charge >= 0.3 is 5.97 Å². The van der Waals surface area contributed by atoms with Crippen molar-refractivity contribution in [1.29, 1.82) is 0 Å². The van der Waals surface area contributed by atoms with E-state index in [0.29, 0.717) is 16.9 Å². The van der Waals surface area contributed by atoms with E-state index in [-0.39, 0.29) is 24.8 Å². The zero-order valence-corrected chi connectivity index (χ0v) is 14.0. The molecule has 0 atom stereocenters. The first-order chi connectivity index (χ1) is 12.1. The molecule has 1 aliphatic heterocycles. The highest BCUT2D eigenvalue weighted by atomic mass is 16.5. The predicted octanol–water partition coefficient (Wildman–Crippen LogP) is 3.23. The summed E-state index contributed by atoms with van der Waals surface area (Å²) in [4.78, 5) is 37.5. The summed E-state index contributed by atoms with van der Waals surface area (Å²) >= 11 is 0. The fraction of sp³-hybridized carbons (Fsp3) is 0.250. The van der Waals surface area contributed by atoms with Crippen LogP contribution in [0.4, 0.5) is 0 Å². The molecule has 128 valence electrons. The minimum Gasteiger partial charge on any atom is -0.426 e. The summed E-state index contributed by atoms with van der Waals surface area (Å²) in [6.45, 7) is 2.12. The minimum atomic E-state index is -0.472. The fourth-order valence-corrected chi connectivity index (χ4v) is 2.84. The first-order valence-electron chi connectivity index (χ1n) is 8.35. The Kier molecular flexibility index (Phi) is 4.93. The van der Waals surface area contributed by atoms with Crippen LogP contribution in [-0.4, -0.2) is 29.2 Å². The summed E-state index contributed by atoms with van der Waals surface area (Å²) in [6, 6.07) is 14.0. The molecular weight excluding hydrogens is 318 g/mol. The molecule has 0 fully saturated rings. The van der Waals surface area contributed by atoms with E-state index in [2.05, 4.69) is 6.92 Å². The quantitative estimate of drug-likeness (QED) is 0.461. The van der Waals surface area contributed by atoms with Gasteiger partial charge in [-0.3, -0.25) is 19.3 Å². The Morgan fingerprint density at radius 3 is 2.12 bits per heavy atom. The first kappa shape index (κ1) is 16.9. The van der Waals surface area contributed by atoms with Gasteiger partial charge < -0.3 is 4.74 Å². The van der Waals surface area contributed by atoms with Gasteiger partial charge in [-0.2, -0.15) is 0 Å². The predicted molar refractivity (Wildman–Crippen MR) is 92.5 cm³/mol. The van der Waals surface area contributed by atoms with Gasteiger partial charge in [0.2, 0.25) is 0 Å². The van der Waals surface area contributed by atoms with Gasteiger partial charge in [0, 0.05) is 6.54 Å². The lowest BCUT2D eigenvalue weighted by Gasteiger charge is -2.13. The van der Waals surface area contributed by atoms with Gasteiger partial charge in [-0.15, -0.1) is 0 Å². The van der Waals surface area contributed by atoms with E-state index in [1.807, 2.05) is 12.1 Å². The molecule has 2 aromatic rings. The molecule has 0 bridgehead atoms. The number of nitrogens with zero attached hydrogens (tertiary/aromatic N) is 1. The molecule has 0 aliphatic carbocycles. The standard InChI is InChI=1S/C20H19NO4/c1-2-5-14-8-10-15(11-9-14)25-18(22)12-13-21-19(23)16-6-3-4-7-17(16)20(21)24/h3-4,6-11H,2,5,12-13H2,1H3. The van der Waals surface area contributed by atoms with Crippen molar-refractivity contribution in [2.45, 2.75) is 26.2 Å². The van der Waals surface area contributed by atoms with Crippen LogP contribution >= 0.6 is 0 Å². The zero-order valence-electron chi connectivity index (χ0n) is 14.0. The monoisotopic (exact) mass is 337 g/mol. The van der Waals surface area contributed by atoms with Gasteiger partial charge in [-0.05, 0) is 36.2 Å². The number of rotatable bonds is 6. The highest BCUT2D eigenvalue weighted by molar-refractivity contribution is 6.21. The molecule has 0 aromatic heterocycles. The molecule has 2 amide bonds. The van der Waals surface area contributed by atoms with Gasteiger partial charge in [-0.25, -0.2) is 0 Å². The lowest BCUT2D eigenvalue weighted by Crippen LogP contribution is -2.32. The smallest absolute Gasteiger partial charge is 0.312 e. The van der Waals surface area contributed by atoms with Crippen molar-refractivity contribution in [3.63, 3.8) is 0 Å². The average molecular weight is 337 g/mol. The summed E-state index contributed by atoms with van der Waals surface area (Å²) < 4.78 is 5.27. The Hall–Kier alpha value is -2.95. The second-order valence-electron chi connectivity index (χ2n) is 5.93. The highest BCUT2D eigenvalue weighted by Crippen LogP contribution is 2.22. The molecule has 0 unspecified atom stereocenters. The van der Waals surface area contributed by atoms with E-state index in [1.54, 1.807) is 36.4 Å². The molecule has 0 saturated carbocycles. The van der Waals surface area contributed by atoms with Crippen LogP contribution in [0.3, 0.4) is 0 Å². The Labute approximate surface area is 146 Å². The van der Waals surface area contributed by atoms with Crippen LogP contribution < -0.4 is 4.74 Å². The number of imide groups is 1. The molecule has 0 N–H and O–H groups in total. The average Bonchev–Trinajstić information content (AvgIpc) is 2.86. The van der Waals surface area contributed by atoms with Crippen molar-refractivity contribution in [3.8, 4) is 5.75 Å². The van der Waals surface area contributed by atoms with Gasteiger partial charge in [0.15, 0.2) is 0 Å². The van der Waals surface area contributed by atoms with Crippen molar-refractivity contribution in [2.75, 3.05) is 6.54 Å². The van der Waals surface area contributed by atoms with E-state index >= 15 is 0 Å². The SMILES string of the molecule is CCCc1ccc(OC(=O)CCN2C(=O)c3ccccc3C2=O)cc1. The number of amides is 2. The third-order valence-corrected chi connectivity index (χ3v) is 4.11. The van der Waals surface area contributed by atoms with Gasteiger partial charge in [-0.1, -0.05) is 37.6 Å². The molecule has 2 aromatic carbocycles. The number of hydrogen-bond acceptors (Lipinski definition) is 4. The summed E-state index contributed by atoms with van der Waals surface area (Å²) in [7, 11) is 0. The number of aryl methyl sites for hydroxylation is 1. The molecule has 1 heterocycles. The van der Waals surface area contributed by atoms with Crippen LogP contribution in [0.25, 0.3) is 0 Å². The number of hydrogen-bond donors (Lipinski definition) is 0. The zero-order chi connectivity index (χ0) is 17.8. The summed E-state index contributed by atoms with van der Waals surface area (Å²) in [5.41, 5.74) is 1.95. The van der Waals surface area contributed by atoms with Gasteiger partial charge in [0.05, 0.1) is 17.5 Å². The van der Waals surface area contributed by atoms with Crippen molar-refractivity contribution in [1.82, 2.24) is 4.90 Å². The second-order valence-corrected chi connectivity index (χ2v) is 5.93. The number of ether oxygens (including phenoxy) is 1. The molecule has 0 saturated heterocycles. The van der Waals surface area contributed by atoms with Crippen molar-refractivity contribution < 1.29 is 19.1 Å². The third kappa shape index (κ3) is 3.60. The van der Waals surface area contributed by atoms with E-state index < -0.39 is 5.97 Å². The number of esters is 1. The molecule has 0 radical (unpaired) electrons. The van der Waals surface area contributed by atoms with E-state index in [4.69, 9.17) is 4.74 Å². The third-order valence-electron chi connectivity index (χ3n) is 4.11. The number of benzene rings is 2. The molecule has 1 aliphatic rings. The minimum absolute atomic E-state index is 0.0130.